The number of urea groups is 1. The summed E-state index contributed by atoms with van der Waals surface area (Å²) in [6.45, 7) is -0.183. The smallest absolute Gasteiger partial charge is 0.323 e. The van der Waals surface area contributed by atoms with Gasteiger partial charge in [0, 0.05) is 16.0 Å². The second-order valence-electron chi connectivity index (χ2n) is 3.17. The third-order valence-corrected chi connectivity index (χ3v) is 2.70. The highest BCUT2D eigenvalue weighted by molar-refractivity contribution is 9.10. The Hall–Kier alpha value is -1.27. The number of carboxylic acids is 1. The zero-order valence-electron chi connectivity index (χ0n) is 8.67. The summed E-state index contributed by atoms with van der Waals surface area (Å²) in [6, 6.07) is 4.74. The molecule has 3 N–H and O–H groups in total. The van der Waals surface area contributed by atoms with E-state index in [1.54, 1.807) is 18.2 Å². The largest absolute Gasteiger partial charge is 0.480 e. The summed E-state index contributed by atoms with van der Waals surface area (Å²) in [6.07, 6.45) is 0. The molecule has 2 amide bonds. The van der Waals surface area contributed by atoms with Crippen molar-refractivity contribution in [3.8, 4) is 0 Å². The molecule has 0 fully saturated rings. The van der Waals surface area contributed by atoms with Gasteiger partial charge in [-0.05, 0) is 17.7 Å². The third-order valence-electron chi connectivity index (χ3n) is 1.85. The number of amides is 2. The molecule has 1 aromatic rings. The van der Waals surface area contributed by atoms with Crippen molar-refractivity contribution in [1.82, 2.24) is 10.6 Å². The summed E-state index contributed by atoms with van der Waals surface area (Å²) in [5.41, 5.74) is 0.750. The Morgan fingerprint density at radius 2 is 2.06 bits per heavy atom. The van der Waals surface area contributed by atoms with E-state index in [0.29, 0.717) is 5.02 Å². The Morgan fingerprint density at radius 1 is 1.35 bits per heavy atom. The highest BCUT2D eigenvalue weighted by Crippen LogP contribution is 2.20. The zero-order chi connectivity index (χ0) is 12.8. The van der Waals surface area contributed by atoms with Crippen LogP contribution in [0.5, 0.6) is 0 Å². The van der Waals surface area contributed by atoms with Crippen LogP contribution in [0.4, 0.5) is 4.79 Å². The van der Waals surface area contributed by atoms with Crippen molar-refractivity contribution in [3.63, 3.8) is 0 Å². The van der Waals surface area contributed by atoms with Crippen LogP contribution in [0.15, 0.2) is 22.7 Å². The van der Waals surface area contributed by atoms with Gasteiger partial charge in [-0.15, -0.1) is 0 Å². The lowest BCUT2D eigenvalue weighted by Crippen LogP contribution is -2.38. The minimum Gasteiger partial charge on any atom is -0.480 e. The van der Waals surface area contributed by atoms with E-state index in [0.717, 1.165) is 10.0 Å². The van der Waals surface area contributed by atoms with Gasteiger partial charge in [-0.2, -0.15) is 0 Å². The first kappa shape index (κ1) is 13.8. The number of carbonyl (C=O) groups excluding carboxylic acids is 1. The number of hydrogen-bond acceptors (Lipinski definition) is 2. The summed E-state index contributed by atoms with van der Waals surface area (Å²) in [7, 11) is 0. The maximum absolute atomic E-state index is 11.2. The molecule has 1 aromatic carbocycles. The normalized spacial score (nSPS) is 9.76. The average Bonchev–Trinajstić information content (AvgIpc) is 2.25. The second-order valence-corrected chi connectivity index (χ2v) is 4.49. The molecule has 0 aromatic heterocycles. The molecule has 5 nitrogen and oxygen atoms in total. The summed E-state index contributed by atoms with van der Waals surface area (Å²) in [4.78, 5) is 21.4. The SMILES string of the molecule is O=C(O)CNC(=O)NCc1ccc(Br)cc1Cl. The molecule has 0 heterocycles. The van der Waals surface area contributed by atoms with Gasteiger partial charge < -0.3 is 15.7 Å². The van der Waals surface area contributed by atoms with Gasteiger partial charge in [0.05, 0.1) is 0 Å². The first-order chi connectivity index (χ1) is 7.99. The fourth-order valence-corrected chi connectivity index (χ4v) is 1.80. The van der Waals surface area contributed by atoms with Crippen molar-refractivity contribution in [3.05, 3.63) is 33.3 Å². The Balaban J connectivity index is 2.44. The summed E-state index contributed by atoms with van der Waals surface area (Å²) < 4.78 is 0.849. The monoisotopic (exact) mass is 320 g/mol. The van der Waals surface area contributed by atoms with Crippen molar-refractivity contribution in [2.75, 3.05) is 6.54 Å². The number of carboxylic acid groups (broad SMARTS) is 1. The van der Waals surface area contributed by atoms with Crippen molar-refractivity contribution in [1.29, 1.82) is 0 Å². The van der Waals surface area contributed by atoms with Crippen molar-refractivity contribution in [2.24, 2.45) is 0 Å². The van der Waals surface area contributed by atoms with Crippen LogP contribution in [0.3, 0.4) is 0 Å². The predicted molar refractivity (Wildman–Crippen MR) is 67.0 cm³/mol. The van der Waals surface area contributed by atoms with Gasteiger partial charge in [0.15, 0.2) is 0 Å². The summed E-state index contributed by atoms with van der Waals surface area (Å²) in [5.74, 6) is -1.10. The van der Waals surface area contributed by atoms with Gasteiger partial charge in [0.1, 0.15) is 6.54 Å². The van der Waals surface area contributed by atoms with Crippen LogP contribution in [0, 0.1) is 0 Å². The van der Waals surface area contributed by atoms with Gasteiger partial charge in [-0.3, -0.25) is 4.79 Å². The molecule has 0 aliphatic carbocycles. The number of nitrogens with one attached hydrogen (secondary N) is 2. The molecule has 0 aliphatic heterocycles. The van der Waals surface area contributed by atoms with Crippen molar-refractivity contribution < 1.29 is 14.7 Å². The lowest BCUT2D eigenvalue weighted by molar-refractivity contribution is -0.135. The van der Waals surface area contributed by atoms with E-state index < -0.39 is 18.5 Å². The number of halogens is 2. The first-order valence-electron chi connectivity index (χ1n) is 4.66. The van der Waals surface area contributed by atoms with E-state index in [4.69, 9.17) is 16.7 Å². The van der Waals surface area contributed by atoms with Gasteiger partial charge in [-0.1, -0.05) is 33.6 Å². The van der Waals surface area contributed by atoms with Gasteiger partial charge in [0.2, 0.25) is 0 Å². The highest BCUT2D eigenvalue weighted by Gasteiger charge is 2.05. The van der Waals surface area contributed by atoms with Crippen molar-refractivity contribution in [2.45, 2.75) is 6.54 Å². The Bertz CT molecular complexity index is 440. The van der Waals surface area contributed by atoms with E-state index in [-0.39, 0.29) is 6.54 Å². The van der Waals surface area contributed by atoms with Crippen LogP contribution >= 0.6 is 27.5 Å². The lowest BCUT2D eigenvalue weighted by Gasteiger charge is -2.07. The predicted octanol–water partition coefficient (Wildman–Crippen LogP) is 1.99. The standard InChI is InChI=1S/C10H10BrClN2O3/c11-7-2-1-6(8(12)3-7)4-13-10(17)14-5-9(15)16/h1-3H,4-5H2,(H,15,16)(H2,13,14,17). The minimum absolute atomic E-state index is 0.234. The second kappa shape index (κ2) is 6.46. The van der Waals surface area contributed by atoms with Crippen LogP contribution in [0.25, 0.3) is 0 Å². The third kappa shape index (κ3) is 5.06. The van der Waals surface area contributed by atoms with E-state index in [2.05, 4.69) is 26.6 Å². The molecular formula is C10H10BrClN2O3. The fourth-order valence-electron chi connectivity index (χ4n) is 1.06. The fraction of sp³-hybridized carbons (Fsp3) is 0.200. The van der Waals surface area contributed by atoms with Crippen LogP contribution < -0.4 is 10.6 Å². The zero-order valence-corrected chi connectivity index (χ0v) is 11.0. The van der Waals surface area contributed by atoms with Crippen LogP contribution in [0.1, 0.15) is 5.56 Å². The topological polar surface area (TPSA) is 78.4 Å². The van der Waals surface area contributed by atoms with Crippen LogP contribution in [0.2, 0.25) is 5.02 Å². The quantitative estimate of drug-likeness (QED) is 0.793. The Kier molecular flexibility index (Phi) is 5.24. The molecule has 0 spiro atoms. The molecule has 0 atom stereocenters. The van der Waals surface area contributed by atoms with Gasteiger partial charge in [0.25, 0.3) is 0 Å². The van der Waals surface area contributed by atoms with Gasteiger partial charge >= 0.3 is 12.0 Å². The minimum atomic E-state index is -1.10. The molecule has 0 aliphatic rings. The maximum Gasteiger partial charge on any atom is 0.323 e. The van der Waals surface area contributed by atoms with E-state index >= 15 is 0 Å². The van der Waals surface area contributed by atoms with Gasteiger partial charge in [-0.25, -0.2) is 4.79 Å². The Labute approximate surface area is 111 Å². The molecule has 0 unspecified atom stereocenters. The molecule has 0 saturated heterocycles. The van der Waals surface area contributed by atoms with Crippen LogP contribution in [-0.2, 0) is 11.3 Å². The number of aliphatic carboxylic acids is 1. The molecule has 0 saturated carbocycles. The average molecular weight is 322 g/mol. The molecule has 0 radical (unpaired) electrons. The number of benzene rings is 1. The lowest BCUT2D eigenvalue weighted by atomic mass is 10.2. The molecule has 92 valence electrons. The molecule has 7 heteroatoms. The maximum atomic E-state index is 11.2. The first-order valence-corrected chi connectivity index (χ1v) is 5.83. The van der Waals surface area contributed by atoms with Crippen LogP contribution in [-0.4, -0.2) is 23.7 Å². The summed E-state index contributed by atoms with van der Waals surface area (Å²) >= 11 is 9.21. The van der Waals surface area contributed by atoms with E-state index in [1.165, 1.54) is 0 Å². The number of hydrogen-bond donors (Lipinski definition) is 3. The van der Waals surface area contributed by atoms with E-state index in [1.807, 2.05) is 0 Å². The highest BCUT2D eigenvalue weighted by atomic mass is 79.9. The van der Waals surface area contributed by atoms with E-state index in [9.17, 15) is 9.59 Å². The molecule has 1 rings (SSSR count). The summed E-state index contributed by atoms with van der Waals surface area (Å²) in [5, 5.41) is 13.6. The van der Waals surface area contributed by atoms with Crippen molar-refractivity contribution >= 4 is 39.5 Å². The molecule has 17 heavy (non-hydrogen) atoms. The number of rotatable bonds is 4. The number of carbonyl (C=O) groups is 2. The Morgan fingerprint density at radius 3 is 2.65 bits per heavy atom. The molecular weight excluding hydrogens is 311 g/mol. The molecule has 0 bridgehead atoms.